The number of alkyl halides is 1. The average molecular weight is 758 g/mol. The van der Waals surface area contributed by atoms with Crippen LogP contribution in [0.5, 0.6) is 0 Å². The Morgan fingerprint density at radius 1 is 0.583 bits per heavy atom. The number of ether oxygens (including phenoxy) is 1. The average Bonchev–Trinajstić information content (AvgIpc) is 3.08. The smallest absolute Gasteiger partial charge is 0.333 e. The van der Waals surface area contributed by atoms with Crippen LogP contribution in [0.3, 0.4) is 0 Å². The Balaban J connectivity index is 2.16. The van der Waals surface area contributed by atoms with E-state index < -0.39 is 8.56 Å². The van der Waals surface area contributed by atoms with Crippen molar-refractivity contribution in [2.75, 3.05) is 18.5 Å². The van der Waals surface area contributed by atoms with Gasteiger partial charge in [0.1, 0.15) is 6.29 Å². The molecule has 3 nitrogen and oxygen atoms in total. The maximum absolute atomic E-state index is 6.60. The Morgan fingerprint density at radius 3 is 1.69 bits per heavy atom. The van der Waals surface area contributed by atoms with E-state index in [-0.39, 0.29) is 6.29 Å². The normalized spacial score (nSPS) is 15.2. The van der Waals surface area contributed by atoms with Crippen molar-refractivity contribution < 1.29 is 13.6 Å². The first kappa shape index (κ1) is 46.3. The minimum atomic E-state index is -2.19. The molecule has 0 bridgehead atoms. The lowest BCUT2D eigenvalue weighted by Crippen LogP contribution is -2.40. The monoisotopic (exact) mass is 757 g/mol. The number of rotatable bonds is 37. The summed E-state index contributed by atoms with van der Waals surface area (Å²) in [6.07, 6.45) is 49.4. The fourth-order valence-electron chi connectivity index (χ4n) is 7.24. The highest BCUT2D eigenvalue weighted by Crippen LogP contribution is 2.28. The maximum atomic E-state index is 6.60. The third-order valence-electron chi connectivity index (χ3n) is 10.4. The molecular weight excluding hydrogens is 672 g/mol. The molecule has 5 heteroatoms. The zero-order valence-electron chi connectivity index (χ0n) is 32.9. The van der Waals surface area contributed by atoms with Crippen molar-refractivity contribution in [1.29, 1.82) is 0 Å². The van der Waals surface area contributed by atoms with Gasteiger partial charge in [0, 0.05) is 18.5 Å². The third-order valence-corrected chi connectivity index (χ3v) is 12.7. The van der Waals surface area contributed by atoms with Gasteiger partial charge in [-0.3, -0.25) is 0 Å². The van der Waals surface area contributed by atoms with Gasteiger partial charge in [-0.1, -0.05) is 189 Å². The summed E-state index contributed by atoms with van der Waals surface area (Å²) in [5, 5.41) is 1.10. The first-order valence-corrected chi connectivity index (χ1v) is 25.7. The van der Waals surface area contributed by atoms with Gasteiger partial charge in [-0.15, -0.1) is 0 Å². The second-order valence-corrected chi connectivity index (χ2v) is 19.7. The molecule has 1 aliphatic carbocycles. The molecule has 0 saturated heterocycles. The van der Waals surface area contributed by atoms with Crippen molar-refractivity contribution >= 4 is 24.5 Å². The van der Waals surface area contributed by atoms with Crippen LogP contribution < -0.4 is 0 Å². The molecule has 0 aromatic rings. The molecule has 48 heavy (non-hydrogen) atoms. The predicted molar refractivity (Wildman–Crippen MR) is 219 cm³/mol. The second-order valence-electron chi connectivity index (χ2n) is 15.6. The summed E-state index contributed by atoms with van der Waals surface area (Å²) < 4.78 is 19.3. The molecule has 1 saturated carbocycles. The summed E-state index contributed by atoms with van der Waals surface area (Å²) in [4.78, 5) is 0. The molecule has 1 atom stereocenters. The van der Waals surface area contributed by atoms with Crippen LogP contribution in [-0.2, 0) is 13.6 Å². The summed E-state index contributed by atoms with van der Waals surface area (Å²) in [5.74, 6) is 1.06. The van der Waals surface area contributed by atoms with Crippen molar-refractivity contribution in [3.8, 4) is 0 Å². The van der Waals surface area contributed by atoms with E-state index in [9.17, 15) is 0 Å². The minimum absolute atomic E-state index is 0.0945. The Labute approximate surface area is 311 Å². The van der Waals surface area contributed by atoms with Crippen LogP contribution in [0.4, 0.5) is 0 Å². The highest BCUT2D eigenvalue weighted by molar-refractivity contribution is 9.09. The second kappa shape index (κ2) is 35.7. The van der Waals surface area contributed by atoms with E-state index in [1.807, 2.05) is 0 Å². The number of allylic oxidation sites excluding steroid dienone is 2. The van der Waals surface area contributed by atoms with Crippen LogP contribution in [0.25, 0.3) is 0 Å². The summed E-state index contributed by atoms with van der Waals surface area (Å²) in [5.41, 5.74) is 0. The molecule has 0 spiro atoms. The minimum Gasteiger partial charge on any atom is -0.394 e. The van der Waals surface area contributed by atoms with Gasteiger partial charge in [0.2, 0.25) is 0 Å². The standard InChI is InChI=1S/C43H85BrO3Si/c1-4-5-6-7-8-9-10-11-12-13-14-15-18-21-25-33-40-45-43(47-48(2,3)46-41-34-26-24-32-39-44)38-31-23-20-17-16-19-22-28-35-42-36-29-27-30-37-42/h11-12,42-43H,4-10,13-41H2,1-3H3/b12-11-. The van der Waals surface area contributed by atoms with Crippen LogP contribution in [0.15, 0.2) is 12.2 Å². The highest BCUT2D eigenvalue weighted by atomic mass is 79.9. The summed E-state index contributed by atoms with van der Waals surface area (Å²) in [7, 11) is -2.19. The van der Waals surface area contributed by atoms with E-state index in [1.54, 1.807) is 0 Å². The van der Waals surface area contributed by atoms with E-state index in [2.05, 4.69) is 48.1 Å². The molecule has 0 radical (unpaired) electrons. The van der Waals surface area contributed by atoms with Gasteiger partial charge in [-0.05, 0) is 76.8 Å². The Kier molecular flexibility index (Phi) is 34.5. The Bertz CT molecular complexity index is 666. The Morgan fingerprint density at radius 2 is 1.08 bits per heavy atom. The first-order valence-electron chi connectivity index (χ1n) is 21.7. The van der Waals surface area contributed by atoms with E-state index in [0.717, 1.165) is 43.7 Å². The molecule has 0 amide bonds. The third kappa shape index (κ3) is 32.2. The molecule has 0 aromatic carbocycles. The highest BCUT2D eigenvalue weighted by Gasteiger charge is 2.29. The Hall–Kier alpha value is 0.317. The van der Waals surface area contributed by atoms with Crippen molar-refractivity contribution in [1.82, 2.24) is 0 Å². The quantitative estimate of drug-likeness (QED) is 0.0208. The topological polar surface area (TPSA) is 27.7 Å². The fraction of sp³-hybridized carbons (Fsp3) is 0.953. The molecular formula is C43H85BrO3Si. The SMILES string of the molecule is CCCCCCCC/C=C\CCCCCCCCOC(CCCCCCCCCCC1CCCCC1)O[Si](C)(C)OCCCCCCBr. The van der Waals surface area contributed by atoms with Crippen molar-refractivity contribution in [2.45, 2.75) is 238 Å². The zero-order valence-corrected chi connectivity index (χ0v) is 35.5. The van der Waals surface area contributed by atoms with Crippen LogP contribution >= 0.6 is 15.9 Å². The summed E-state index contributed by atoms with van der Waals surface area (Å²) in [6, 6.07) is 0. The van der Waals surface area contributed by atoms with E-state index in [0.29, 0.717) is 0 Å². The van der Waals surface area contributed by atoms with Crippen molar-refractivity contribution in [2.24, 2.45) is 5.92 Å². The van der Waals surface area contributed by atoms with Gasteiger partial charge >= 0.3 is 8.56 Å². The lowest BCUT2D eigenvalue weighted by Gasteiger charge is -2.29. The van der Waals surface area contributed by atoms with Gasteiger partial charge in [0.15, 0.2) is 0 Å². The van der Waals surface area contributed by atoms with Crippen LogP contribution in [0.1, 0.15) is 219 Å². The van der Waals surface area contributed by atoms with Crippen LogP contribution in [0, 0.1) is 5.92 Å². The molecule has 0 aromatic heterocycles. The molecule has 1 unspecified atom stereocenters. The number of hydrogen-bond acceptors (Lipinski definition) is 3. The first-order chi connectivity index (χ1) is 23.6. The van der Waals surface area contributed by atoms with E-state index in [4.69, 9.17) is 13.6 Å². The molecule has 1 fully saturated rings. The number of halogens is 1. The summed E-state index contributed by atoms with van der Waals surface area (Å²) >= 11 is 3.54. The predicted octanol–water partition coefficient (Wildman–Crippen LogP) is 15.5. The summed E-state index contributed by atoms with van der Waals surface area (Å²) in [6.45, 7) is 8.36. The number of unbranched alkanes of at least 4 members (excludes halogenated alkanes) is 22. The molecule has 0 N–H and O–H groups in total. The van der Waals surface area contributed by atoms with Gasteiger partial charge < -0.3 is 13.6 Å². The van der Waals surface area contributed by atoms with Crippen molar-refractivity contribution in [3.63, 3.8) is 0 Å². The van der Waals surface area contributed by atoms with E-state index >= 15 is 0 Å². The molecule has 0 heterocycles. The molecule has 0 aliphatic heterocycles. The van der Waals surface area contributed by atoms with Gasteiger partial charge in [-0.25, -0.2) is 0 Å². The molecule has 286 valence electrons. The van der Waals surface area contributed by atoms with Gasteiger partial charge in [-0.2, -0.15) is 0 Å². The number of hydrogen-bond donors (Lipinski definition) is 0. The largest absolute Gasteiger partial charge is 0.394 e. The maximum Gasteiger partial charge on any atom is 0.333 e. The zero-order chi connectivity index (χ0) is 34.6. The molecule has 1 rings (SSSR count). The van der Waals surface area contributed by atoms with Crippen LogP contribution in [-0.4, -0.2) is 33.4 Å². The van der Waals surface area contributed by atoms with Gasteiger partial charge in [0.25, 0.3) is 0 Å². The molecule has 1 aliphatic rings. The van der Waals surface area contributed by atoms with E-state index in [1.165, 1.54) is 193 Å². The van der Waals surface area contributed by atoms with Gasteiger partial charge in [0.05, 0.1) is 0 Å². The van der Waals surface area contributed by atoms with Crippen molar-refractivity contribution in [3.05, 3.63) is 12.2 Å². The lowest BCUT2D eigenvalue weighted by molar-refractivity contribution is -0.104. The fourth-order valence-corrected chi connectivity index (χ4v) is 9.16. The van der Waals surface area contributed by atoms with Crippen LogP contribution in [0.2, 0.25) is 13.1 Å². The lowest BCUT2D eigenvalue weighted by atomic mass is 9.85.